The molecule has 350 valence electrons. The van der Waals surface area contributed by atoms with Crippen LogP contribution in [0.1, 0.15) is 56.8 Å². The lowest BCUT2D eigenvalue weighted by Gasteiger charge is -2.35. The van der Waals surface area contributed by atoms with E-state index in [1.807, 2.05) is 23.1 Å². The van der Waals surface area contributed by atoms with Crippen molar-refractivity contribution >= 4 is 70.4 Å². The minimum Gasteiger partial charge on any atom is -0.496 e. The number of hydrogen-bond acceptors (Lipinski definition) is 15. The predicted octanol–water partition coefficient (Wildman–Crippen LogP) is 4.86. The second-order valence-corrected chi connectivity index (χ2v) is 16.9. The molecule has 0 fully saturated rings. The van der Waals surface area contributed by atoms with Crippen molar-refractivity contribution in [2.45, 2.75) is 74.8 Å². The molecule has 4 aromatic carbocycles. The van der Waals surface area contributed by atoms with Crippen LogP contribution >= 0.6 is 11.8 Å². The number of rotatable bonds is 19. The molecule has 66 heavy (non-hydrogen) atoms. The summed E-state index contributed by atoms with van der Waals surface area (Å²) in [7, 11) is 4.59. The van der Waals surface area contributed by atoms with E-state index in [1.54, 1.807) is 94.5 Å². The maximum Gasteiger partial charge on any atom is 0.408 e. The van der Waals surface area contributed by atoms with Gasteiger partial charge in [0.25, 0.3) is 0 Å². The summed E-state index contributed by atoms with van der Waals surface area (Å²) < 4.78 is 27.4. The number of fused-ring (bicyclic) bond motifs is 2. The van der Waals surface area contributed by atoms with Crippen molar-refractivity contribution in [1.82, 2.24) is 16.0 Å². The van der Waals surface area contributed by atoms with Gasteiger partial charge >= 0.3 is 18.0 Å². The van der Waals surface area contributed by atoms with Crippen LogP contribution in [0.2, 0.25) is 0 Å². The first-order chi connectivity index (χ1) is 31.4. The van der Waals surface area contributed by atoms with E-state index in [4.69, 9.17) is 29.4 Å². The molecule has 0 radical (unpaired) electrons. The van der Waals surface area contributed by atoms with Crippen LogP contribution in [0.4, 0.5) is 21.9 Å². The van der Waals surface area contributed by atoms with Gasteiger partial charge in [0, 0.05) is 24.4 Å². The Hall–Kier alpha value is -7.12. The number of carbonyl (C=O) groups excluding carboxylic acids is 7. The normalized spacial score (nSPS) is 12.5. The molecular weight excluding hydrogens is 873 g/mol. The Morgan fingerprint density at radius 3 is 1.89 bits per heavy atom. The smallest absolute Gasteiger partial charge is 0.408 e. The number of benzene rings is 4. The standard InChI is InChI=1S/C47H54N6O12S/c1-28(54)53(25-37(56)49-24-39(58)63-26-29-14-10-8-11-15-29)42-36(62-7)21-19-33-44(42)66-43-32(52(33)5)18-20-35(61-6)40(43)41(48)34(55)23-50-45(59)31(22-38(57)65-47(2,3)4)51-46(60)64-27-30-16-12-9-13-17-30/h8-21,31,41H,22-27,48H2,1-7H3,(H,49,56)(H,50,59)(H,51,60)/t31-,41?/m0/s1. The van der Waals surface area contributed by atoms with Crippen molar-refractivity contribution in [2.24, 2.45) is 5.73 Å². The van der Waals surface area contributed by atoms with Crippen molar-refractivity contribution < 1.29 is 57.2 Å². The van der Waals surface area contributed by atoms with Gasteiger partial charge in [-0.05, 0) is 56.2 Å². The number of Topliss-reactive ketones (excluding diaryl/α,β-unsaturated/α-hetero) is 1. The Morgan fingerprint density at radius 1 is 0.742 bits per heavy atom. The number of alkyl carbamates (subject to hydrolysis) is 1. The van der Waals surface area contributed by atoms with E-state index < -0.39 is 85.3 Å². The number of nitrogens with one attached hydrogen (secondary N) is 3. The maximum atomic E-state index is 14.0. The lowest BCUT2D eigenvalue weighted by Crippen LogP contribution is -2.50. The van der Waals surface area contributed by atoms with Gasteiger partial charge in [-0.3, -0.25) is 33.7 Å². The highest BCUT2D eigenvalue weighted by Crippen LogP contribution is 2.56. The Balaban J connectivity index is 1.35. The topological polar surface area (TPSA) is 234 Å². The van der Waals surface area contributed by atoms with Crippen LogP contribution in [0.3, 0.4) is 0 Å². The summed E-state index contributed by atoms with van der Waals surface area (Å²) in [6.45, 7) is 4.59. The van der Waals surface area contributed by atoms with Crippen LogP contribution in [-0.4, -0.2) is 94.1 Å². The minimum absolute atomic E-state index is 0.0209. The number of nitrogens with zero attached hydrogens (tertiary/aromatic N) is 2. The van der Waals surface area contributed by atoms with Gasteiger partial charge < -0.3 is 50.3 Å². The van der Waals surface area contributed by atoms with E-state index in [9.17, 15) is 33.6 Å². The molecule has 1 aliphatic rings. The third kappa shape index (κ3) is 13.2. The van der Waals surface area contributed by atoms with Crippen molar-refractivity contribution in [1.29, 1.82) is 0 Å². The third-order valence-corrected chi connectivity index (χ3v) is 11.1. The molecule has 0 aromatic heterocycles. The molecule has 0 bridgehead atoms. The van der Waals surface area contributed by atoms with E-state index in [0.717, 1.165) is 17.3 Å². The Labute approximate surface area is 386 Å². The summed E-state index contributed by atoms with van der Waals surface area (Å²) in [5.74, 6) is -3.68. The predicted molar refractivity (Wildman–Crippen MR) is 244 cm³/mol. The number of ketones is 1. The van der Waals surface area contributed by atoms with E-state index >= 15 is 0 Å². The fraction of sp³-hybridized carbons (Fsp3) is 0.340. The molecule has 2 atom stereocenters. The van der Waals surface area contributed by atoms with Gasteiger partial charge in [0.2, 0.25) is 17.7 Å². The number of anilines is 3. The summed E-state index contributed by atoms with van der Waals surface area (Å²) >= 11 is 1.16. The van der Waals surface area contributed by atoms with Gasteiger partial charge in [0.1, 0.15) is 55.1 Å². The monoisotopic (exact) mass is 926 g/mol. The molecule has 1 unspecified atom stereocenters. The second-order valence-electron chi connectivity index (χ2n) is 15.9. The molecule has 19 heteroatoms. The van der Waals surface area contributed by atoms with E-state index in [-0.39, 0.29) is 36.0 Å². The van der Waals surface area contributed by atoms with Crippen LogP contribution in [0.5, 0.6) is 11.5 Å². The first-order valence-electron chi connectivity index (χ1n) is 20.7. The van der Waals surface area contributed by atoms with Gasteiger partial charge in [-0.15, -0.1) is 0 Å². The third-order valence-electron chi connectivity index (χ3n) is 9.91. The van der Waals surface area contributed by atoms with E-state index in [2.05, 4.69) is 16.0 Å². The molecule has 4 amide bonds. The number of methoxy groups -OCH3 is 2. The number of nitrogens with two attached hydrogens (primary N) is 1. The van der Waals surface area contributed by atoms with Gasteiger partial charge in [0.15, 0.2) is 5.78 Å². The lowest BCUT2D eigenvalue weighted by atomic mass is 10.00. The largest absolute Gasteiger partial charge is 0.496 e. The van der Waals surface area contributed by atoms with Crippen LogP contribution in [-0.2, 0) is 56.2 Å². The van der Waals surface area contributed by atoms with Crippen LogP contribution in [0.25, 0.3) is 0 Å². The van der Waals surface area contributed by atoms with Crippen LogP contribution in [0.15, 0.2) is 94.7 Å². The summed E-state index contributed by atoms with van der Waals surface area (Å²) in [6, 6.07) is 21.8. The van der Waals surface area contributed by atoms with Gasteiger partial charge in [-0.1, -0.05) is 72.4 Å². The molecule has 1 aliphatic heterocycles. The fourth-order valence-corrected chi connectivity index (χ4v) is 8.18. The molecule has 18 nitrogen and oxygen atoms in total. The SMILES string of the molecule is COc1ccc2c(c1C(N)C(=O)CNC(=O)[C@H](CC(=O)OC(C)(C)C)NC(=O)OCc1ccccc1)Sc1c(ccc(OC)c1N(CC(=O)NCC(=O)OCc1ccccc1)C(C)=O)N2C. The minimum atomic E-state index is -1.49. The first-order valence-corrected chi connectivity index (χ1v) is 21.5. The molecule has 0 spiro atoms. The van der Waals surface area contributed by atoms with Crippen molar-refractivity contribution in [3.8, 4) is 11.5 Å². The van der Waals surface area contributed by atoms with Gasteiger partial charge in [-0.2, -0.15) is 0 Å². The second kappa shape index (κ2) is 22.7. The number of carbonyl (C=O) groups is 7. The molecule has 4 aromatic rings. The highest BCUT2D eigenvalue weighted by atomic mass is 32.2. The zero-order chi connectivity index (χ0) is 48.1. The average molecular weight is 927 g/mol. The Bertz CT molecular complexity index is 2430. The quantitative estimate of drug-likeness (QED) is 0.0726. The molecule has 0 saturated carbocycles. The first kappa shape index (κ1) is 49.9. The molecule has 5 rings (SSSR count). The highest BCUT2D eigenvalue weighted by molar-refractivity contribution is 8.00. The number of ether oxygens (including phenoxy) is 5. The maximum absolute atomic E-state index is 14.0. The zero-order valence-electron chi connectivity index (χ0n) is 37.8. The summed E-state index contributed by atoms with van der Waals surface area (Å²) in [6.07, 6.45) is -1.55. The highest BCUT2D eigenvalue weighted by Gasteiger charge is 2.36. The summed E-state index contributed by atoms with van der Waals surface area (Å²) in [5.41, 5.74) is 9.01. The average Bonchev–Trinajstić information content (AvgIpc) is 3.29. The molecule has 0 aliphatic carbocycles. The Morgan fingerprint density at radius 2 is 1.32 bits per heavy atom. The van der Waals surface area contributed by atoms with Crippen molar-refractivity contribution in [3.63, 3.8) is 0 Å². The number of esters is 2. The molecule has 5 N–H and O–H groups in total. The zero-order valence-corrected chi connectivity index (χ0v) is 38.6. The number of amides is 4. The fourth-order valence-electron chi connectivity index (χ4n) is 6.71. The van der Waals surface area contributed by atoms with Gasteiger partial charge in [-0.25, -0.2) is 4.79 Å². The van der Waals surface area contributed by atoms with Crippen molar-refractivity contribution in [2.75, 3.05) is 50.7 Å². The van der Waals surface area contributed by atoms with Crippen molar-refractivity contribution in [3.05, 3.63) is 102 Å². The molecule has 0 saturated heterocycles. The Kier molecular flexibility index (Phi) is 17.1. The van der Waals surface area contributed by atoms with Crippen LogP contribution in [0, 0.1) is 0 Å². The summed E-state index contributed by atoms with van der Waals surface area (Å²) in [5, 5.41) is 7.41. The van der Waals surface area contributed by atoms with Crippen LogP contribution < -0.4 is 41.0 Å². The molecular formula is C47H54N6O12S. The van der Waals surface area contributed by atoms with Gasteiger partial charge in [0.05, 0.1) is 49.5 Å². The van der Waals surface area contributed by atoms with E-state index in [0.29, 0.717) is 26.7 Å². The lowest BCUT2D eigenvalue weighted by molar-refractivity contribution is -0.156. The number of hydrogen-bond donors (Lipinski definition) is 4. The van der Waals surface area contributed by atoms with E-state index in [1.165, 1.54) is 26.0 Å². The molecule has 1 heterocycles. The summed E-state index contributed by atoms with van der Waals surface area (Å²) in [4.78, 5) is 96.4.